The number of carbonyl (C=O) groups is 2. The van der Waals surface area contributed by atoms with E-state index in [9.17, 15) is 22.8 Å². The molecule has 1 fully saturated rings. The number of benzene rings is 3. The van der Waals surface area contributed by atoms with Crippen LogP contribution in [0.5, 0.6) is 0 Å². The molecule has 0 heterocycles. The molecule has 3 aromatic rings. The Morgan fingerprint density at radius 3 is 2.34 bits per heavy atom. The lowest BCUT2D eigenvalue weighted by Gasteiger charge is -2.40. The van der Waals surface area contributed by atoms with Gasteiger partial charge < -0.3 is 15.5 Å². The predicted octanol–water partition coefficient (Wildman–Crippen LogP) is 7.99. The summed E-state index contributed by atoms with van der Waals surface area (Å²) in [7, 11) is 0. The van der Waals surface area contributed by atoms with Gasteiger partial charge in [-0.3, -0.25) is 4.79 Å². The monoisotopic (exact) mass is 523 g/mol. The van der Waals surface area contributed by atoms with Crippen LogP contribution in [0.1, 0.15) is 49.9 Å². The fraction of sp³-hybridized carbons (Fsp3) is 0.333. The highest BCUT2D eigenvalue weighted by Gasteiger charge is 2.37. The van der Waals surface area contributed by atoms with E-state index in [1.54, 1.807) is 24.3 Å². The lowest BCUT2D eigenvalue weighted by Crippen LogP contribution is -2.43. The van der Waals surface area contributed by atoms with Crippen LogP contribution < -0.4 is 15.5 Å². The van der Waals surface area contributed by atoms with Crippen LogP contribution in [0.2, 0.25) is 0 Å². The third-order valence-corrected chi connectivity index (χ3v) is 6.76. The highest BCUT2D eigenvalue weighted by atomic mass is 19.3. The number of halogens is 3. The molecule has 1 aliphatic carbocycles. The maximum Gasteiger partial charge on any atom is 0.323 e. The van der Waals surface area contributed by atoms with Crippen molar-refractivity contribution in [1.29, 1.82) is 0 Å². The van der Waals surface area contributed by atoms with Gasteiger partial charge in [-0.2, -0.15) is 0 Å². The number of carbonyl (C=O) groups excluding carboxylic acids is 2. The van der Waals surface area contributed by atoms with Crippen LogP contribution in [0.3, 0.4) is 0 Å². The van der Waals surface area contributed by atoms with Crippen LogP contribution >= 0.6 is 0 Å². The maximum absolute atomic E-state index is 14.2. The number of para-hydroxylation sites is 1. The van der Waals surface area contributed by atoms with Crippen LogP contribution in [0, 0.1) is 11.7 Å². The van der Waals surface area contributed by atoms with E-state index >= 15 is 0 Å². The summed E-state index contributed by atoms with van der Waals surface area (Å²) in [4.78, 5) is 26.8. The lowest BCUT2D eigenvalue weighted by atomic mass is 9.90. The van der Waals surface area contributed by atoms with E-state index in [1.807, 2.05) is 24.3 Å². The molecule has 38 heavy (non-hydrogen) atoms. The number of rotatable bonds is 8. The summed E-state index contributed by atoms with van der Waals surface area (Å²) < 4.78 is 42.1. The number of hydrogen-bond donors (Lipinski definition) is 2. The molecule has 3 aromatic carbocycles. The van der Waals surface area contributed by atoms with Crippen LogP contribution in [-0.2, 0) is 0 Å². The minimum absolute atomic E-state index is 0.0301. The fourth-order valence-corrected chi connectivity index (χ4v) is 4.93. The minimum Gasteiger partial charge on any atom is -0.367 e. The Hall–Kier alpha value is -3.81. The summed E-state index contributed by atoms with van der Waals surface area (Å²) in [5.41, 5.74) is 3.05. The summed E-state index contributed by atoms with van der Waals surface area (Å²) in [6.07, 6.45) is 1.06. The quantitative estimate of drug-likeness (QED) is 0.294. The Labute approximate surface area is 221 Å². The molecule has 0 spiro atoms. The molecule has 0 aromatic heterocycles. The zero-order valence-corrected chi connectivity index (χ0v) is 21.5. The number of urea groups is 1. The number of nitrogens with zero attached hydrogens (tertiary/aromatic N) is 1. The van der Waals surface area contributed by atoms with E-state index in [0.717, 1.165) is 6.29 Å². The molecule has 2 N–H and O–H groups in total. The molecule has 0 saturated heterocycles. The molecule has 4 rings (SSSR count). The number of nitrogens with one attached hydrogen (secondary N) is 2. The first kappa shape index (κ1) is 27.2. The number of alkyl halides is 2. The molecule has 0 radical (unpaired) electrons. The van der Waals surface area contributed by atoms with Gasteiger partial charge in [0.15, 0.2) is 6.29 Å². The molecule has 8 heteroatoms. The second-order valence-corrected chi connectivity index (χ2v) is 10.1. The summed E-state index contributed by atoms with van der Waals surface area (Å²) in [5.74, 6) is -3.00. The number of aldehydes is 1. The third-order valence-electron chi connectivity index (χ3n) is 6.76. The van der Waals surface area contributed by atoms with E-state index in [-0.39, 0.29) is 30.5 Å². The molecule has 0 aliphatic heterocycles. The Bertz CT molecular complexity index is 1290. The largest absolute Gasteiger partial charge is 0.367 e. The SMILES string of the molecule is CC(C)CN(c1ccc(-c2ccccc2C=O)cc1NC(=O)Nc1ccccc1F)C1CCC(F)(F)CC1. The normalized spacial score (nSPS) is 15.2. The van der Waals surface area contributed by atoms with Gasteiger partial charge in [-0.1, -0.05) is 56.3 Å². The van der Waals surface area contributed by atoms with E-state index < -0.39 is 17.8 Å². The molecular formula is C30H32F3N3O2. The maximum atomic E-state index is 14.2. The Kier molecular flexibility index (Phi) is 8.39. The predicted molar refractivity (Wildman–Crippen MR) is 146 cm³/mol. The van der Waals surface area contributed by atoms with Crippen LogP contribution in [0.4, 0.5) is 35.0 Å². The number of amides is 2. The second-order valence-electron chi connectivity index (χ2n) is 10.1. The first-order valence-corrected chi connectivity index (χ1v) is 12.8. The molecular weight excluding hydrogens is 491 g/mol. The standard InChI is InChI=1S/C30H32F3N3O2/c1-20(2)18-36(23-13-15-30(32,33)16-14-23)28-12-11-21(24-8-4-3-7-22(24)19-37)17-27(28)35-29(38)34-26-10-6-5-9-25(26)31/h3-12,17,19-20,23H,13-16,18H2,1-2H3,(H2,34,35,38). The zero-order chi connectivity index (χ0) is 27.3. The third kappa shape index (κ3) is 6.54. The van der Waals surface area contributed by atoms with Gasteiger partial charge in [0.25, 0.3) is 0 Å². The van der Waals surface area contributed by atoms with Gasteiger partial charge in [-0.05, 0) is 54.2 Å². The first-order valence-electron chi connectivity index (χ1n) is 12.8. The lowest BCUT2D eigenvalue weighted by molar-refractivity contribution is -0.0382. The fourth-order valence-electron chi connectivity index (χ4n) is 4.93. The minimum atomic E-state index is -2.66. The van der Waals surface area contributed by atoms with Crippen molar-refractivity contribution in [2.24, 2.45) is 5.92 Å². The molecule has 0 atom stereocenters. The number of hydrogen-bond acceptors (Lipinski definition) is 3. The first-order chi connectivity index (χ1) is 18.2. The van der Waals surface area contributed by atoms with Gasteiger partial charge >= 0.3 is 6.03 Å². The van der Waals surface area contributed by atoms with Crippen LogP contribution in [0.15, 0.2) is 66.7 Å². The summed E-state index contributed by atoms with van der Waals surface area (Å²) in [6, 6.07) is 17.7. The average molecular weight is 524 g/mol. The zero-order valence-electron chi connectivity index (χ0n) is 21.5. The van der Waals surface area contributed by atoms with Gasteiger partial charge in [-0.15, -0.1) is 0 Å². The summed E-state index contributed by atoms with van der Waals surface area (Å²) in [6.45, 7) is 4.71. The molecule has 2 amide bonds. The molecule has 0 unspecified atom stereocenters. The van der Waals surface area contributed by atoms with Crippen molar-refractivity contribution in [1.82, 2.24) is 0 Å². The number of anilines is 3. The summed E-state index contributed by atoms with van der Waals surface area (Å²) >= 11 is 0. The van der Waals surface area contributed by atoms with Gasteiger partial charge in [0.2, 0.25) is 5.92 Å². The molecule has 5 nitrogen and oxygen atoms in total. The highest BCUT2D eigenvalue weighted by molar-refractivity contribution is 6.03. The van der Waals surface area contributed by atoms with E-state index in [1.165, 1.54) is 18.2 Å². The van der Waals surface area contributed by atoms with Crippen molar-refractivity contribution in [2.45, 2.75) is 51.5 Å². The van der Waals surface area contributed by atoms with Gasteiger partial charge in [0, 0.05) is 31.0 Å². The smallest absolute Gasteiger partial charge is 0.323 e. The van der Waals surface area contributed by atoms with E-state index in [0.29, 0.717) is 47.5 Å². The van der Waals surface area contributed by atoms with Crippen molar-refractivity contribution >= 4 is 29.4 Å². The Morgan fingerprint density at radius 1 is 1.00 bits per heavy atom. The Morgan fingerprint density at radius 2 is 1.66 bits per heavy atom. The highest BCUT2D eigenvalue weighted by Crippen LogP contribution is 2.40. The van der Waals surface area contributed by atoms with Crippen molar-refractivity contribution in [3.05, 3.63) is 78.1 Å². The molecule has 1 saturated carbocycles. The van der Waals surface area contributed by atoms with Crippen LogP contribution in [0.25, 0.3) is 11.1 Å². The van der Waals surface area contributed by atoms with Gasteiger partial charge in [0.1, 0.15) is 5.82 Å². The average Bonchev–Trinajstić information content (AvgIpc) is 2.89. The van der Waals surface area contributed by atoms with Crippen LogP contribution in [-0.4, -0.2) is 30.8 Å². The van der Waals surface area contributed by atoms with E-state index in [4.69, 9.17) is 0 Å². The van der Waals surface area contributed by atoms with E-state index in [2.05, 4.69) is 29.4 Å². The Balaban J connectivity index is 1.74. The van der Waals surface area contributed by atoms with Crippen molar-refractivity contribution in [3.63, 3.8) is 0 Å². The van der Waals surface area contributed by atoms with Gasteiger partial charge in [0.05, 0.1) is 17.1 Å². The van der Waals surface area contributed by atoms with Crippen molar-refractivity contribution in [2.75, 3.05) is 22.1 Å². The summed E-state index contributed by atoms with van der Waals surface area (Å²) in [5, 5.41) is 5.39. The second kappa shape index (κ2) is 11.7. The molecule has 0 bridgehead atoms. The molecule has 1 aliphatic rings. The van der Waals surface area contributed by atoms with Crippen molar-refractivity contribution in [3.8, 4) is 11.1 Å². The topological polar surface area (TPSA) is 61.4 Å². The van der Waals surface area contributed by atoms with Gasteiger partial charge in [-0.25, -0.2) is 18.0 Å². The molecule has 200 valence electrons. The van der Waals surface area contributed by atoms with Crippen molar-refractivity contribution < 1.29 is 22.8 Å².